The summed E-state index contributed by atoms with van der Waals surface area (Å²) < 4.78 is 50.0. The molecule has 1 saturated heterocycles. The third-order valence-electron chi connectivity index (χ3n) is 5.32. The van der Waals surface area contributed by atoms with Crippen molar-refractivity contribution in [2.75, 3.05) is 19.7 Å². The number of likely N-dealkylation sites (tertiary alicyclic amines) is 1. The van der Waals surface area contributed by atoms with Crippen LogP contribution in [0.5, 0.6) is 5.88 Å². The standard InChI is InChI=1S/C20H29F3N4O4/c1-18(2,3)31-17(29)27-8-11-12(9-27)14(11)15(28)25-19(4,5)10-30-16-13(20(21,22)23)6-7-24-26-16/h6-7,11-12,14,17,29H,8-10H2,1-5H3,(H,25,28)/t11-,12+,14+,17?. The number of halogens is 3. The quantitative estimate of drug-likeness (QED) is 0.619. The van der Waals surface area contributed by atoms with E-state index in [1.54, 1.807) is 18.7 Å². The molecule has 1 aliphatic heterocycles. The molecule has 174 valence electrons. The lowest BCUT2D eigenvalue weighted by Crippen LogP contribution is -2.50. The Balaban J connectivity index is 1.50. The summed E-state index contributed by atoms with van der Waals surface area (Å²) in [4.78, 5) is 14.5. The molecule has 3 rings (SSSR count). The van der Waals surface area contributed by atoms with Gasteiger partial charge < -0.3 is 19.9 Å². The van der Waals surface area contributed by atoms with Gasteiger partial charge in [-0.3, -0.25) is 9.69 Å². The average Bonchev–Trinajstić information content (AvgIpc) is 3.12. The molecule has 1 unspecified atom stereocenters. The Morgan fingerprint density at radius 1 is 1.26 bits per heavy atom. The van der Waals surface area contributed by atoms with Gasteiger partial charge in [-0.15, -0.1) is 5.10 Å². The average molecular weight is 446 g/mol. The number of rotatable bonds is 7. The lowest BCUT2D eigenvalue weighted by Gasteiger charge is -2.31. The number of hydrogen-bond acceptors (Lipinski definition) is 7. The molecule has 1 amide bonds. The van der Waals surface area contributed by atoms with E-state index in [4.69, 9.17) is 9.47 Å². The van der Waals surface area contributed by atoms with Crippen molar-refractivity contribution in [2.24, 2.45) is 17.8 Å². The number of piperidine rings is 1. The Kier molecular flexibility index (Phi) is 6.25. The fourth-order valence-corrected chi connectivity index (χ4v) is 3.86. The van der Waals surface area contributed by atoms with Crippen LogP contribution in [-0.2, 0) is 15.7 Å². The minimum atomic E-state index is -4.61. The van der Waals surface area contributed by atoms with E-state index < -0.39 is 35.2 Å². The van der Waals surface area contributed by atoms with Gasteiger partial charge in [-0.2, -0.15) is 18.3 Å². The van der Waals surface area contributed by atoms with Crippen LogP contribution < -0.4 is 10.1 Å². The van der Waals surface area contributed by atoms with Crippen LogP contribution in [0.3, 0.4) is 0 Å². The lowest BCUT2D eigenvalue weighted by atomic mass is 10.1. The molecular formula is C20H29F3N4O4. The van der Waals surface area contributed by atoms with Crippen LogP contribution >= 0.6 is 0 Å². The zero-order chi connectivity index (χ0) is 23.2. The summed E-state index contributed by atoms with van der Waals surface area (Å²) in [5.74, 6) is -0.758. The summed E-state index contributed by atoms with van der Waals surface area (Å²) in [6, 6.07) is 0.794. The fourth-order valence-electron chi connectivity index (χ4n) is 3.86. The second kappa shape index (κ2) is 8.18. The number of carbonyl (C=O) groups excluding carboxylic acids is 1. The third kappa shape index (κ3) is 5.83. The molecule has 0 bridgehead atoms. The van der Waals surface area contributed by atoms with E-state index in [-0.39, 0.29) is 30.3 Å². The summed E-state index contributed by atoms with van der Waals surface area (Å²) in [5, 5.41) is 19.9. The van der Waals surface area contributed by atoms with Crippen LogP contribution in [0.1, 0.15) is 40.2 Å². The molecule has 1 aromatic heterocycles. The van der Waals surface area contributed by atoms with E-state index in [1.165, 1.54) is 0 Å². The van der Waals surface area contributed by atoms with Crippen LogP contribution in [0.4, 0.5) is 13.2 Å². The number of aliphatic hydroxyl groups excluding tert-OH is 1. The number of carbonyl (C=O) groups is 1. The predicted octanol–water partition coefficient (Wildman–Crippen LogP) is 2.04. The van der Waals surface area contributed by atoms with E-state index in [0.29, 0.717) is 13.1 Å². The topological polar surface area (TPSA) is 96.8 Å². The van der Waals surface area contributed by atoms with Gasteiger partial charge in [0.1, 0.15) is 12.2 Å². The number of aliphatic hydroxyl groups is 1. The highest BCUT2D eigenvalue weighted by Gasteiger charge is 2.60. The monoisotopic (exact) mass is 446 g/mol. The molecule has 2 N–H and O–H groups in total. The van der Waals surface area contributed by atoms with Gasteiger partial charge in [-0.05, 0) is 52.5 Å². The molecule has 2 aliphatic rings. The highest BCUT2D eigenvalue weighted by molar-refractivity contribution is 5.83. The molecule has 31 heavy (non-hydrogen) atoms. The maximum atomic E-state index is 13.1. The van der Waals surface area contributed by atoms with Gasteiger partial charge in [-0.1, -0.05) is 0 Å². The molecule has 0 aromatic carbocycles. The van der Waals surface area contributed by atoms with Crippen molar-refractivity contribution in [3.8, 4) is 5.88 Å². The third-order valence-corrected chi connectivity index (χ3v) is 5.32. The molecular weight excluding hydrogens is 417 g/mol. The number of ether oxygens (including phenoxy) is 2. The van der Waals surface area contributed by atoms with Crippen molar-refractivity contribution in [1.82, 2.24) is 20.4 Å². The van der Waals surface area contributed by atoms with Gasteiger partial charge in [0.15, 0.2) is 0 Å². The smallest absolute Gasteiger partial charge is 0.421 e. The highest BCUT2D eigenvalue weighted by Crippen LogP contribution is 2.52. The van der Waals surface area contributed by atoms with Crippen LogP contribution in [0, 0.1) is 17.8 Å². The number of fused-ring (bicyclic) bond motifs is 1. The minimum absolute atomic E-state index is 0.117. The number of alkyl halides is 3. The van der Waals surface area contributed by atoms with Crippen LogP contribution in [0.25, 0.3) is 0 Å². The molecule has 4 atom stereocenters. The summed E-state index contributed by atoms with van der Waals surface area (Å²) in [7, 11) is 0. The predicted molar refractivity (Wildman–Crippen MR) is 104 cm³/mol. The van der Waals surface area contributed by atoms with Gasteiger partial charge in [-0.25, -0.2) is 0 Å². The molecule has 8 nitrogen and oxygen atoms in total. The van der Waals surface area contributed by atoms with Gasteiger partial charge in [0.2, 0.25) is 18.2 Å². The number of hydrogen-bond donors (Lipinski definition) is 2. The van der Waals surface area contributed by atoms with Gasteiger partial charge >= 0.3 is 6.18 Å². The maximum absolute atomic E-state index is 13.1. The number of nitrogens with zero attached hydrogens (tertiary/aromatic N) is 3. The Morgan fingerprint density at radius 3 is 2.42 bits per heavy atom. The Labute approximate surface area is 179 Å². The second-order valence-corrected chi connectivity index (χ2v) is 9.77. The first-order valence-corrected chi connectivity index (χ1v) is 10.1. The van der Waals surface area contributed by atoms with Gasteiger partial charge in [0, 0.05) is 19.0 Å². The fraction of sp³-hybridized carbons (Fsp3) is 0.750. The van der Waals surface area contributed by atoms with Crippen molar-refractivity contribution in [2.45, 2.75) is 58.3 Å². The normalized spacial score (nSPS) is 25.1. The Morgan fingerprint density at radius 2 is 1.87 bits per heavy atom. The number of amides is 1. The van der Waals surface area contributed by atoms with Gasteiger partial charge in [0.25, 0.3) is 0 Å². The van der Waals surface area contributed by atoms with Crippen molar-refractivity contribution in [3.05, 3.63) is 17.8 Å². The van der Waals surface area contributed by atoms with Crippen molar-refractivity contribution >= 4 is 5.91 Å². The zero-order valence-corrected chi connectivity index (χ0v) is 18.2. The van der Waals surface area contributed by atoms with Crippen LogP contribution in [0.2, 0.25) is 0 Å². The molecule has 2 heterocycles. The number of aromatic nitrogens is 2. The van der Waals surface area contributed by atoms with E-state index in [1.807, 2.05) is 20.8 Å². The molecule has 1 aliphatic carbocycles. The SMILES string of the molecule is CC(C)(COc1nnccc1C(F)(F)F)NC(=O)[C@H]1[C@@H]2CN(C(O)OC(C)(C)C)C[C@@H]21. The summed E-state index contributed by atoms with van der Waals surface area (Å²) >= 11 is 0. The first kappa shape index (κ1) is 23.7. The second-order valence-electron chi connectivity index (χ2n) is 9.77. The van der Waals surface area contributed by atoms with E-state index in [9.17, 15) is 23.1 Å². The maximum Gasteiger partial charge on any atom is 0.421 e. The van der Waals surface area contributed by atoms with Crippen LogP contribution in [0.15, 0.2) is 12.3 Å². The zero-order valence-electron chi connectivity index (χ0n) is 18.2. The van der Waals surface area contributed by atoms with Crippen molar-refractivity contribution < 1.29 is 32.5 Å². The first-order valence-electron chi connectivity index (χ1n) is 10.1. The summed E-state index contributed by atoms with van der Waals surface area (Å²) in [5.41, 5.74) is -2.41. The summed E-state index contributed by atoms with van der Waals surface area (Å²) in [6.07, 6.45) is -4.69. The molecule has 0 spiro atoms. The molecule has 2 fully saturated rings. The van der Waals surface area contributed by atoms with Crippen LogP contribution in [-0.4, -0.2) is 63.4 Å². The largest absolute Gasteiger partial charge is 0.474 e. The minimum Gasteiger partial charge on any atom is -0.474 e. The highest BCUT2D eigenvalue weighted by atomic mass is 19.4. The van der Waals surface area contributed by atoms with E-state index in [0.717, 1.165) is 12.3 Å². The van der Waals surface area contributed by atoms with Crippen molar-refractivity contribution in [3.63, 3.8) is 0 Å². The van der Waals surface area contributed by atoms with Crippen molar-refractivity contribution in [1.29, 1.82) is 0 Å². The first-order chi connectivity index (χ1) is 14.2. The summed E-state index contributed by atoms with van der Waals surface area (Å²) in [6.45, 7) is 9.79. The Bertz CT molecular complexity index is 800. The lowest BCUT2D eigenvalue weighted by molar-refractivity contribution is -0.236. The Hall–Kier alpha value is -1.98. The van der Waals surface area contributed by atoms with Gasteiger partial charge in [0.05, 0.1) is 17.3 Å². The molecule has 1 aromatic rings. The molecule has 1 saturated carbocycles. The molecule has 11 heteroatoms. The van der Waals surface area contributed by atoms with E-state index in [2.05, 4.69) is 15.5 Å². The number of nitrogens with one attached hydrogen (secondary N) is 1. The molecule has 0 radical (unpaired) electrons. The van der Waals surface area contributed by atoms with E-state index >= 15 is 0 Å².